The second-order valence-corrected chi connectivity index (χ2v) is 7.04. The molecule has 0 bridgehead atoms. The Kier molecular flexibility index (Phi) is 4.77. The molecule has 3 aromatic rings. The number of amides is 1. The van der Waals surface area contributed by atoms with Crippen LogP contribution in [-0.4, -0.2) is 34.5 Å². The Balaban J connectivity index is 1.41. The van der Waals surface area contributed by atoms with Gasteiger partial charge in [-0.05, 0) is 48.4 Å². The number of benzene rings is 2. The number of carbonyl (C=O) groups excluding carboxylic acids is 1. The summed E-state index contributed by atoms with van der Waals surface area (Å²) in [6.07, 6.45) is 0.459. The molecule has 1 saturated heterocycles. The van der Waals surface area contributed by atoms with Gasteiger partial charge in [-0.1, -0.05) is 30.3 Å². The summed E-state index contributed by atoms with van der Waals surface area (Å²) in [5.74, 6) is -0.219. The Morgan fingerprint density at radius 1 is 1.14 bits per heavy atom. The lowest BCUT2D eigenvalue weighted by molar-refractivity contribution is -0.142. The van der Waals surface area contributed by atoms with Gasteiger partial charge in [0.15, 0.2) is 5.76 Å². The van der Waals surface area contributed by atoms with Crippen LogP contribution in [0.5, 0.6) is 5.75 Å². The highest BCUT2D eigenvalue weighted by Gasteiger charge is 2.39. The van der Waals surface area contributed by atoms with Gasteiger partial charge in [0.1, 0.15) is 18.1 Å². The van der Waals surface area contributed by atoms with Crippen LogP contribution in [0.3, 0.4) is 0 Å². The van der Waals surface area contributed by atoms with Gasteiger partial charge in [-0.3, -0.25) is 9.59 Å². The van der Waals surface area contributed by atoms with Crippen LogP contribution in [0, 0.1) is 5.92 Å². The summed E-state index contributed by atoms with van der Waals surface area (Å²) in [5.41, 5.74) is 0. The average molecular weight is 379 g/mol. The van der Waals surface area contributed by atoms with Crippen LogP contribution in [0.15, 0.2) is 59.0 Å². The van der Waals surface area contributed by atoms with Crippen molar-refractivity contribution in [2.75, 3.05) is 6.54 Å². The first-order valence-electron chi connectivity index (χ1n) is 9.27. The van der Waals surface area contributed by atoms with Crippen LogP contribution in [-0.2, 0) is 11.4 Å². The minimum atomic E-state index is -0.869. The summed E-state index contributed by atoms with van der Waals surface area (Å²) in [5, 5.41) is 11.5. The van der Waals surface area contributed by atoms with E-state index in [1.54, 1.807) is 24.0 Å². The lowest BCUT2D eigenvalue weighted by Crippen LogP contribution is -2.37. The first kappa shape index (κ1) is 18.1. The summed E-state index contributed by atoms with van der Waals surface area (Å²) >= 11 is 0. The molecule has 1 aliphatic heterocycles. The minimum Gasteiger partial charge on any atom is -0.486 e. The van der Waals surface area contributed by atoms with E-state index in [4.69, 9.17) is 9.15 Å². The number of aliphatic carboxylic acids is 1. The third-order valence-corrected chi connectivity index (χ3v) is 5.31. The molecule has 6 nitrogen and oxygen atoms in total. The van der Waals surface area contributed by atoms with E-state index in [1.807, 2.05) is 42.5 Å². The standard InChI is InChI=1S/C22H21NO5/c1-14-19(22(25)26)10-11-23(14)21(24)20-9-8-18(28-20)13-27-17-7-6-15-4-2-3-5-16(15)12-17/h2-9,12,14,19H,10-11,13H2,1H3,(H,25,26). The summed E-state index contributed by atoms with van der Waals surface area (Å²) < 4.78 is 11.4. The average Bonchev–Trinajstić information content (AvgIpc) is 3.32. The van der Waals surface area contributed by atoms with E-state index in [9.17, 15) is 14.7 Å². The normalized spacial score (nSPS) is 19.1. The topological polar surface area (TPSA) is 80.0 Å². The maximum Gasteiger partial charge on any atom is 0.308 e. The van der Waals surface area contributed by atoms with Gasteiger partial charge in [-0.25, -0.2) is 0 Å². The molecule has 1 amide bonds. The third kappa shape index (κ3) is 3.45. The molecule has 1 N–H and O–H groups in total. The van der Waals surface area contributed by atoms with Gasteiger partial charge in [0.25, 0.3) is 5.91 Å². The lowest BCUT2D eigenvalue weighted by Gasteiger charge is -2.22. The Morgan fingerprint density at radius 2 is 1.93 bits per heavy atom. The van der Waals surface area contributed by atoms with Crippen LogP contribution >= 0.6 is 0 Å². The SMILES string of the molecule is CC1C(C(=O)O)CCN1C(=O)c1ccc(COc2ccc3ccccc3c2)o1. The summed E-state index contributed by atoms with van der Waals surface area (Å²) in [7, 11) is 0. The van der Waals surface area contributed by atoms with E-state index in [2.05, 4.69) is 0 Å². The largest absolute Gasteiger partial charge is 0.486 e. The van der Waals surface area contributed by atoms with Gasteiger partial charge in [0, 0.05) is 12.6 Å². The number of carboxylic acid groups (broad SMARTS) is 1. The molecule has 0 saturated carbocycles. The van der Waals surface area contributed by atoms with Crippen LogP contribution in [0.4, 0.5) is 0 Å². The van der Waals surface area contributed by atoms with Crippen molar-refractivity contribution in [2.45, 2.75) is 26.0 Å². The first-order chi connectivity index (χ1) is 13.5. The number of carbonyl (C=O) groups is 2. The van der Waals surface area contributed by atoms with Crippen molar-refractivity contribution in [3.63, 3.8) is 0 Å². The molecule has 144 valence electrons. The van der Waals surface area contributed by atoms with E-state index in [1.165, 1.54) is 0 Å². The molecular formula is C22H21NO5. The number of likely N-dealkylation sites (tertiary alicyclic amines) is 1. The van der Waals surface area contributed by atoms with Crippen molar-refractivity contribution in [3.8, 4) is 5.75 Å². The number of furan rings is 1. The summed E-state index contributed by atoms with van der Waals surface area (Å²) in [4.78, 5) is 25.5. The van der Waals surface area contributed by atoms with Crippen molar-refractivity contribution >= 4 is 22.6 Å². The van der Waals surface area contributed by atoms with Gasteiger partial charge in [0.05, 0.1) is 5.92 Å². The predicted octanol–water partition coefficient (Wildman–Crippen LogP) is 3.95. The van der Waals surface area contributed by atoms with Gasteiger partial charge in [-0.15, -0.1) is 0 Å². The molecule has 0 radical (unpaired) electrons. The molecular weight excluding hydrogens is 358 g/mol. The van der Waals surface area contributed by atoms with Gasteiger partial charge < -0.3 is 19.2 Å². The smallest absolute Gasteiger partial charge is 0.308 e. The number of nitrogens with zero attached hydrogens (tertiary/aromatic N) is 1. The zero-order valence-corrected chi connectivity index (χ0v) is 15.5. The molecule has 2 unspecified atom stereocenters. The Hall–Kier alpha value is -3.28. The number of rotatable bonds is 5. The molecule has 4 rings (SSSR count). The summed E-state index contributed by atoms with van der Waals surface area (Å²) in [6.45, 7) is 2.38. The van der Waals surface area contributed by atoms with Crippen molar-refractivity contribution in [1.29, 1.82) is 0 Å². The van der Waals surface area contributed by atoms with Crippen LogP contribution < -0.4 is 4.74 Å². The third-order valence-electron chi connectivity index (χ3n) is 5.31. The van der Waals surface area contributed by atoms with Gasteiger partial charge >= 0.3 is 5.97 Å². The molecule has 0 spiro atoms. The Labute approximate surface area is 162 Å². The maximum atomic E-state index is 12.7. The highest BCUT2D eigenvalue weighted by molar-refractivity contribution is 5.92. The number of hydrogen-bond acceptors (Lipinski definition) is 4. The van der Waals surface area contributed by atoms with Gasteiger partial charge in [-0.2, -0.15) is 0 Å². The second-order valence-electron chi connectivity index (χ2n) is 7.04. The quantitative estimate of drug-likeness (QED) is 0.726. The van der Waals surface area contributed by atoms with E-state index in [-0.39, 0.29) is 24.3 Å². The maximum absolute atomic E-state index is 12.7. The molecule has 2 aromatic carbocycles. The molecule has 6 heteroatoms. The predicted molar refractivity (Wildman–Crippen MR) is 103 cm³/mol. The van der Waals surface area contributed by atoms with Crippen molar-refractivity contribution < 1.29 is 23.8 Å². The van der Waals surface area contributed by atoms with Gasteiger partial charge in [0.2, 0.25) is 0 Å². The van der Waals surface area contributed by atoms with E-state index < -0.39 is 11.9 Å². The monoisotopic (exact) mass is 379 g/mol. The first-order valence-corrected chi connectivity index (χ1v) is 9.27. The number of ether oxygens (including phenoxy) is 1. The number of fused-ring (bicyclic) bond motifs is 1. The van der Waals surface area contributed by atoms with Crippen molar-refractivity contribution in [2.24, 2.45) is 5.92 Å². The lowest BCUT2D eigenvalue weighted by atomic mass is 10.0. The minimum absolute atomic E-state index is 0.204. The van der Waals surface area contributed by atoms with Crippen LogP contribution in [0.1, 0.15) is 29.7 Å². The van der Waals surface area contributed by atoms with Crippen molar-refractivity contribution in [3.05, 3.63) is 66.1 Å². The molecule has 28 heavy (non-hydrogen) atoms. The van der Waals surface area contributed by atoms with E-state index in [0.29, 0.717) is 18.7 Å². The fourth-order valence-electron chi connectivity index (χ4n) is 3.68. The Bertz CT molecular complexity index is 1020. The summed E-state index contributed by atoms with van der Waals surface area (Å²) in [6, 6.07) is 16.9. The molecule has 2 atom stereocenters. The zero-order chi connectivity index (χ0) is 19.7. The molecule has 2 heterocycles. The van der Waals surface area contributed by atoms with E-state index in [0.717, 1.165) is 16.5 Å². The molecule has 0 aliphatic carbocycles. The molecule has 1 fully saturated rings. The Morgan fingerprint density at radius 3 is 2.68 bits per heavy atom. The van der Waals surface area contributed by atoms with Crippen LogP contribution in [0.25, 0.3) is 10.8 Å². The number of carboxylic acids is 1. The van der Waals surface area contributed by atoms with E-state index >= 15 is 0 Å². The highest BCUT2D eigenvalue weighted by atomic mass is 16.5. The second kappa shape index (κ2) is 7.38. The number of hydrogen-bond donors (Lipinski definition) is 1. The molecule has 1 aliphatic rings. The molecule has 1 aromatic heterocycles. The fraction of sp³-hybridized carbons (Fsp3) is 0.273. The van der Waals surface area contributed by atoms with Crippen molar-refractivity contribution in [1.82, 2.24) is 4.90 Å². The van der Waals surface area contributed by atoms with Crippen LogP contribution in [0.2, 0.25) is 0 Å². The highest BCUT2D eigenvalue weighted by Crippen LogP contribution is 2.27. The fourth-order valence-corrected chi connectivity index (χ4v) is 3.68. The zero-order valence-electron chi connectivity index (χ0n) is 15.5.